The number of hydrogen-bond acceptors (Lipinski definition) is 5. The van der Waals surface area contributed by atoms with Crippen molar-refractivity contribution in [1.82, 2.24) is 15.2 Å². The van der Waals surface area contributed by atoms with Crippen LogP contribution < -0.4 is 20.1 Å². The number of allylic oxidation sites excluding steroid dienone is 2. The number of nitrogens with zero attached hydrogens (tertiary/aromatic N) is 1. The Morgan fingerprint density at radius 3 is 2.70 bits per heavy atom. The van der Waals surface area contributed by atoms with Gasteiger partial charge in [-0.3, -0.25) is 4.79 Å². The molecule has 2 aliphatic rings. The minimum absolute atomic E-state index is 0.0982. The normalized spacial score (nSPS) is 18.2. The molecule has 172 valence electrons. The number of ether oxygens (including phenoxy) is 2. The van der Waals surface area contributed by atoms with Gasteiger partial charge in [0.05, 0.1) is 16.8 Å². The zero-order valence-corrected chi connectivity index (χ0v) is 19.6. The molecule has 1 aliphatic heterocycles. The first kappa shape index (κ1) is 21.8. The molecule has 2 aromatic heterocycles. The molecule has 3 aromatic rings. The van der Waals surface area contributed by atoms with E-state index >= 15 is 0 Å². The molecule has 0 bridgehead atoms. The lowest BCUT2D eigenvalue weighted by Crippen LogP contribution is -2.27. The van der Waals surface area contributed by atoms with Gasteiger partial charge in [0, 0.05) is 30.8 Å². The van der Waals surface area contributed by atoms with Crippen molar-refractivity contribution in [2.24, 2.45) is 13.0 Å². The number of thiophene rings is 1. The number of nitrogens with one attached hydrogen (secondary N) is 2. The molecule has 0 saturated carbocycles. The fourth-order valence-corrected chi connectivity index (χ4v) is 5.16. The largest absolute Gasteiger partial charge is 0.493 e. The number of hydrogen-bond donors (Lipinski definition) is 2. The molecule has 1 fully saturated rings. The lowest BCUT2D eigenvalue weighted by molar-refractivity contribution is 0.0958. The third-order valence-corrected chi connectivity index (χ3v) is 7.12. The zero-order chi connectivity index (χ0) is 22.6. The second-order valence-corrected chi connectivity index (χ2v) is 9.51. The van der Waals surface area contributed by atoms with Crippen LogP contribution in [0.5, 0.6) is 11.5 Å². The van der Waals surface area contributed by atoms with Crippen LogP contribution in [0, 0.1) is 5.92 Å². The molecule has 3 heterocycles. The van der Waals surface area contributed by atoms with E-state index in [1.54, 1.807) is 11.3 Å². The molecule has 0 unspecified atom stereocenters. The first-order valence-corrected chi connectivity index (χ1v) is 12.4. The van der Waals surface area contributed by atoms with Crippen LogP contribution in [-0.4, -0.2) is 36.8 Å². The average Bonchev–Trinajstić information content (AvgIpc) is 3.58. The first-order valence-electron chi connectivity index (χ1n) is 11.5. The summed E-state index contributed by atoms with van der Waals surface area (Å²) >= 11 is 1.64. The van der Waals surface area contributed by atoms with Gasteiger partial charge < -0.3 is 24.7 Å². The standard InChI is InChI=1S/C26H29N3O3S/c1-29-23-11-13-33-25(23)14-24(29)26(30)28-22-5-3-2-4-19(22)17-32-21-8-6-20(7-9-21)31-16-18-10-12-27-15-18/h4-9,11,13-14,18,27H,2-3,10,12,15-17H2,1H3,(H,28,30)/t18-/m0/s1. The van der Waals surface area contributed by atoms with E-state index < -0.39 is 0 Å². The number of amides is 1. The Kier molecular flexibility index (Phi) is 6.51. The van der Waals surface area contributed by atoms with Gasteiger partial charge in [0.1, 0.15) is 23.8 Å². The maximum absolute atomic E-state index is 13.0. The Labute approximate surface area is 197 Å². The summed E-state index contributed by atoms with van der Waals surface area (Å²) in [5, 5.41) is 8.50. The Morgan fingerprint density at radius 2 is 1.94 bits per heavy atom. The molecule has 1 aliphatic carbocycles. The van der Waals surface area contributed by atoms with Crippen LogP contribution in [-0.2, 0) is 7.05 Å². The second kappa shape index (κ2) is 9.85. The van der Waals surface area contributed by atoms with Crippen molar-refractivity contribution in [3.8, 4) is 11.5 Å². The number of carbonyl (C=O) groups excluding carboxylic acids is 1. The van der Waals surface area contributed by atoms with E-state index in [1.807, 2.05) is 53.4 Å². The van der Waals surface area contributed by atoms with Gasteiger partial charge in [-0.1, -0.05) is 12.2 Å². The van der Waals surface area contributed by atoms with E-state index in [1.165, 1.54) is 6.42 Å². The molecule has 1 amide bonds. The molecule has 0 radical (unpaired) electrons. The highest BCUT2D eigenvalue weighted by molar-refractivity contribution is 7.17. The summed E-state index contributed by atoms with van der Waals surface area (Å²) in [6, 6.07) is 11.8. The minimum Gasteiger partial charge on any atom is -0.493 e. The monoisotopic (exact) mass is 463 g/mol. The lowest BCUT2D eigenvalue weighted by Gasteiger charge is -2.18. The fraction of sp³-hybridized carbons (Fsp3) is 0.346. The Balaban J connectivity index is 1.17. The van der Waals surface area contributed by atoms with Crippen molar-refractivity contribution in [1.29, 1.82) is 0 Å². The first-order chi connectivity index (χ1) is 16.2. The van der Waals surface area contributed by atoms with Crippen molar-refractivity contribution in [3.05, 3.63) is 70.9 Å². The molecule has 5 rings (SSSR count). The van der Waals surface area contributed by atoms with Gasteiger partial charge in [-0.25, -0.2) is 0 Å². The molecule has 1 atom stereocenters. The van der Waals surface area contributed by atoms with Crippen molar-refractivity contribution in [2.75, 3.05) is 26.3 Å². The Morgan fingerprint density at radius 1 is 1.15 bits per heavy atom. The maximum Gasteiger partial charge on any atom is 0.272 e. The van der Waals surface area contributed by atoms with Crippen molar-refractivity contribution in [3.63, 3.8) is 0 Å². The van der Waals surface area contributed by atoms with Crippen molar-refractivity contribution in [2.45, 2.75) is 19.3 Å². The van der Waals surface area contributed by atoms with Gasteiger partial charge in [-0.05, 0) is 67.6 Å². The number of rotatable bonds is 8. The van der Waals surface area contributed by atoms with Gasteiger partial charge >= 0.3 is 0 Å². The topological polar surface area (TPSA) is 64.5 Å². The smallest absolute Gasteiger partial charge is 0.272 e. The number of carbonyl (C=O) groups is 1. The third kappa shape index (κ3) is 4.99. The van der Waals surface area contributed by atoms with E-state index in [4.69, 9.17) is 9.47 Å². The number of fused-ring (bicyclic) bond motifs is 1. The van der Waals surface area contributed by atoms with Gasteiger partial charge in [0.2, 0.25) is 0 Å². The molecular formula is C26H29N3O3S. The fourth-order valence-electron chi connectivity index (χ4n) is 4.31. The van der Waals surface area contributed by atoms with Gasteiger partial charge in [0.15, 0.2) is 0 Å². The van der Waals surface area contributed by atoms with Crippen LogP contribution >= 0.6 is 11.3 Å². The van der Waals surface area contributed by atoms with E-state index in [2.05, 4.69) is 22.8 Å². The molecule has 0 spiro atoms. The quantitative estimate of drug-likeness (QED) is 0.511. The maximum atomic E-state index is 13.0. The van der Waals surface area contributed by atoms with E-state index in [9.17, 15) is 4.79 Å². The third-order valence-electron chi connectivity index (χ3n) is 6.26. The summed E-state index contributed by atoms with van der Waals surface area (Å²) in [7, 11) is 1.93. The van der Waals surface area contributed by atoms with Crippen molar-refractivity contribution < 1.29 is 14.3 Å². The molecule has 1 aromatic carbocycles. The summed E-state index contributed by atoms with van der Waals surface area (Å²) in [5.74, 6) is 2.14. The van der Waals surface area contributed by atoms with Crippen LogP contribution in [0.1, 0.15) is 29.8 Å². The summed E-state index contributed by atoms with van der Waals surface area (Å²) < 4.78 is 15.0. The predicted molar refractivity (Wildman–Crippen MR) is 132 cm³/mol. The van der Waals surface area contributed by atoms with Crippen LogP contribution in [0.3, 0.4) is 0 Å². The average molecular weight is 464 g/mol. The van der Waals surface area contributed by atoms with E-state index in [0.717, 1.165) is 65.5 Å². The minimum atomic E-state index is -0.0982. The molecule has 1 saturated heterocycles. The van der Waals surface area contributed by atoms with Crippen molar-refractivity contribution >= 4 is 27.5 Å². The summed E-state index contributed by atoms with van der Waals surface area (Å²) in [4.78, 5) is 13.0. The number of benzene rings is 1. The van der Waals surface area contributed by atoms with Gasteiger partial charge in [-0.15, -0.1) is 11.3 Å². The number of aromatic nitrogens is 1. The highest BCUT2D eigenvalue weighted by atomic mass is 32.1. The SMILES string of the molecule is Cn1c(C(=O)NC2=CCCC=C2COc2ccc(OC[C@H]3CCNC3)cc2)cc2sccc21. The number of aryl methyl sites for hydroxylation is 1. The summed E-state index contributed by atoms with van der Waals surface area (Å²) in [5.41, 5.74) is 3.57. The van der Waals surface area contributed by atoms with E-state index in [-0.39, 0.29) is 5.91 Å². The van der Waals surface area contributed by atoms with E-state index in [0.29, 0.717) is 18.2 Å². The van der Waals surface area contributed by atoms with Crippen LogP contribution in [0.15, 0.2) is 65.2 Å². The van der Waals surface area contributed by atoms with Crippen LogP contribution in [0.25, 0.3) is 10.2 Å². The lowest BCUT2D eigenvalue weighted by atomic mass is 10.0. The van der Waals surface area contributed by atoms with Crippen LogP contribution in [0.2, 0.25) is 0 Å². The molecule has 6 nitrogen and oxygen atoms in total. The molecular weight excluding hydrogens is 434 g/mol. The summed E-state index contributed by atoms with van der Waals surface area (Å²) in [6.07, 6.45) is 7.25. The molecule has 2 N–H and O–H groups in total. The zero-order valence-electron chi connectivity index (χ0n) is 18.8. The molecule has 7 heteroatoms. The van der Waals surface area contributed by atoms with Gasteiger partial charge in [0.25, 0.3) is 5.91 Å². The Bertz CT molecular complexity index is 1180. The molecule has 33 heavy (non-hydrogen) atoms. The highest BCUT2D eigenvalue weighted by Gasteiger charge is 2.18. The highest BCUT2D eigenvalue weighted by Crippen LogP contribution is 2.26. The van der Waals surface area contributed by atoms with Crippen LogP contribution in [0.4, 0.5) is 0 Å². The van der Waals surface area contributed by atoms with Gasteiger partial charge in [-0.2, -0.15) is 0 Å². The predicted octanol–water partition coefficient (Wildman–Crippen LogP) is 4.64. The summed E-state index contributed by atoms with van der Waals surface area (Å²) in [6.45, 7) is 3.26. The Hall–Kier alpha value is -3.03. The second-order valence-electron chi connectivity index (χ2n) is 8.57.